The van der Waals surface area contributed by atoms with E-state index < -0.39 is 47.7 Å². The van der Waals surface area contributed by atoms with E-state index in [0.29, 0.717) is 0 Å². The molecule has 0 saturated heterocycles. The average Bonchev–Trinajstić information content (AvgIpc) is 2.44. The maximum Gasteiger partial charge on any atom is 1.00 e. The molecule has 0 spiro atoms. The first-order valence-corrected chi connectivity index (χ1v) is 4.74. The molecule has 1 aliphatic rings. The number of esters is 1. The second-order valence-corrected chi connectivity index (χ2v) is 2.96. The molecule has 94 valence electrons. The van der Waals surface area contributed by atoms with E-state index in [1.54, 1.807) is 0 Å². The number of cyclic esters (lactones) is 1. The molecule has 0 aromatic heterocycles. The van der Waals surface area contributed by atoms with Crippen LogP contribution in [0.2, 0.25) is 0 Å². The van der Waals surface area contributed by atoms with Crippen LogP contribution in [0.1, 0.15) is 0 Å². The van der Waals surface area contributed by atoms with Gasteiger partial charge in [-0.15, -0.1) is 0 Å². The number of ether oxygens (including phenoxy) is 1. The second kappa shape index (κ2) is 8.83. The predicted molar refractivity (Wildman–Crippen MR) is 46.8 cm³/mol. The summed E-state index contributed by atoms with van der Waals surface area (Å²) in [5.41, 5.74) is 0. The summed E-state index contributed by atoms with van der Waals surface area (Å²) in [5.74, 6) is -2.78. The van der Waals surface area contributed by atoms with E-state index in [4.69, 9.17) is 33.7 Å². The molecule has 0 radical (unpaired) electrons. The summed E-state index contributed by atoms with van der Waals surface area (Å²) in [4.78, 5) is 10.5. The Balaban J connectivity index is 0. The minimum Gasteiger partial charge on any atom is -0.750 e. The number of hydrogen-bond acceptors (Lipinski definition) is 8. The van der Waals surface area contributed by atoms with Crippen molar-refractivity contribution >= 4 is 17.3 Å². The largest absolute Gasteiger partial charge is 1.00 e. The first-order valence-electron chi connectivity index (χ1n) is 3.71. The first-order chi connectivity index (χ1) is 7.31. The van der Waals surface area contributed by atoms with Crippen LogP contribution in [-0.4, -0.2) is 58.5 Å². The van der Waals surface area contributed by atoms with Crippen LogP contribution in [0.5, 0.6) is 0 Å². The molecular weight excluding hydrogens is 271 g/mol. The van der Waals surface area contributed by atoms with Gasteiger partial charge in [0.2, 0.25) is 5.76 Å². The van der Waals surface area contributed by atoms with Gasteiger partial charge >= 0.3 is 35.5 Å². The molecule has 1 unspecified atom stereocenters. The monoisotopic (exact) mass is 280 g/mol. The quantitative estimate of drug-likeness (QED) is 0.189. The Morgan fingerprint density at radius 2 is 1.88 bits per heavy atom. The van der Waals surface area contributed by atoms with Crippen molar-refractivity contribution in [2.75, 3.05) is 6.61 Å². The molecule has 0 saturated carbocycles. The fourth-order valence-electron chi connectivity index (χ4n) is 0.823. The Morgan fingerprint density at radius 3 is 2.12 bits per heavy atom. The van der Waals surface area contributed by atoms with Crippen molar-refractivity contribution in [3.63, 3.8) is 0 Å². The fraction of sp³-hybridized carbons (Fsp3) is 0.500. The second-order valence-electron chi connectivity index (χ2n) is 2.53. The topological polar surface area (TPSA) is 168 Å². The van der Waals surface area contributed by atoms with E-state index in [1.807, 2.05) is 0 Å². The zero-order valence-corrected chi connectivity index (χ0v) is 11.5. The van der Waals surface area contributed by atoms with Gasteiger partial charge in [-0.1, -0.05) is 0 Å². The summed E-state index contributed by atoms with van der Waals surface area (Å²) in [6, 6.07) is 0. The minimum atomic E-state index is -2.86. The maximum atomic E-state index is 10.5. The van der Waals surface area contributed by atoms with Crippen molar-refractivity contribution in [3.05, 3.63) is 11.5 Å². The molecule has 9 nitrogen and oxygen atoms in total. The van der Waals surface area contributed by atoms with E-state index in [2.05, 4.69) is 4.74 Å². The molecule has 1 aliphatic heterocycles. The van der Waals surface area contributed by atoms with Gasteiger partial charge in [-0.05, 0) is 0 Å². The Morgan fingerprint density at radius 1 is 1.47 bits per heavy atom. The third-order valence-electron chi connectivity index (χ3n) is 1.48. The van der Waals surface area contributed by atoms with Gasteiger partial charge in [0, 0.05) is 0 Å². The molecular formula is C6H9NaO9S. The molecule has 17 heavy (non-hydrogen) atoms. The number of aliphatic hydroxyl groups is 4. The van der Waals surface area contributed by atoms with Crippen molar-refractivity contribution in [1.82, 2.24) is 0 Å². The molecule has 0 aliphatic carbocycles. The summed E-state index contributed by atoms with van der Waals surface area (Å²) in [5, 5.41) is 35.0. The average molecular weight is 280 g/mol. The van der Waals surface area contributed by atoms with Crippen molar-refractivity contribution in [2.24, 2.45) is 0 Å². The van der Waals surface area contributed by atoms with Gasteiger partial charge in [-0.3, -0.25) is 0 Å². The van der Waals surface area contributed by atoms with E-state index in [1.165, 1.54) is 0 Å². The third kappa shape index (κ3) is 6.33. The summed E-state index contributed by atoms with van der Waals surface area (Å²) in [7, 11) is 0. The van der Waals surface area contributed by atoms with Gasteiger partial charge in [0.05, 0.1) is 18.0 Å². The number of aliphatic hydroxyl groups excluding tert-OH is 4. The summed E-state index contributed by atoms with van der Waals surface area (Å²) < 4.78 is 28.4. The van der Waals surface area contributed by atoms with Gasteiger partial charge in [-0.2, -0.15) is 0 Å². The molecule has 1 rings (SSSR count). The normalized spacial score (nSPS) is 21.9. The van der Waals surface area contributed by atoms with Gasteiger partial charge < -0.3 is 34.3 Å². The van der Waals surface area contributed by atoms with Gasteiger partial charge in [0.25, 0.3) is 0 Å². The maximum absolute atomic E-state index is 10.5. The molecule has 0 aromatic carbocycles. The standard InChI is InChI=1S/C6H8O6.Na.H2O3S/c7-1-2(8)5-3(9)4(10)6(11)12-5;;1-4(2)3/h2,5,7-10H,1H2;;(H2,1,2,3)/q;+1;/p-1/t2-,5+;;/m0../s1. The van der Waals surface area contributed by atoms with E-state index in [0.717, 1.165) is 0 Å². The minimum absolute atomic E-state index is 0. The van der Waals surface area contributed by atoms with Crippen molar-refractivity contribution < 1.29 is 72.8 Å². The summed E-state index contributed by atoms with van der Waals surface area (Å²) in [6.45, 7) is -0.671. The van der Waals surface area contributed by atoms with Crippen LogP contribution in [0.25, 0.3) is 0 Å². The number of hydrogen-bond donors (Lipinski definition) is 5. The summed E-state index contributed by atoms with van der Waals surface area (Å²) in [6.07, 6.45) is -2.78. The van der Waals surface area contributed by atoms with Crippen LogP contribution in [-0.2, 0) is 20.9 Å². The van der Waals surface area contributed by atoms with E-state index in [9.17, 15) is 4.79 Å². The fourth-order valence-corrected chi connectivity index (χ4v) is 0.823. The Labute approximate surface area is 120 Å². The zero-order chi connectivity index (χ0) is 12.9. The van der Waals surface area contributed by atoms with Crippen molar-refractivity contribution in [2.45, 2.75) is 12.2 Å². The summed E-state index contributed by atoms with van der Waals surface area (Å²) >= 11 is -2.86. The Kier molecular flexibility index (Phi) is 9.94. The Bertz CT molecular complexity index is 313. The molecule has 0 amide bonds. The van der Waals surface area contributed by atoms with Crippen molar-refractivity contribution in [3.8, 4) is 0 Å². The van der Waals surface area contributed by atoms with Crippen LogP contribution in [0, 0.1) is 0 Å². The third-order valence-corrected chi connectivity index (χ3v) is 1.48. The smallest absolute Gasteiger partial charge is 0.750 e. The van der Waals surface area contributed by atoms with Crippen molar-refractivity contribution in [1.29, 1.82) is 0 Å². The molecule has 1 heterocycles. The number of rotatable bonds is 2. The zero-order valence-electron chi connectivity index (χ0n) is 8.64. The van der Waals surface area contributed by atoms with E-state index >= 15 is 0 Å². The molecule has 11 heteroatoms. The van der Waals surface area contributed by atoms with E-state index in [-0.39, 0.29) is 29.6 Å². The molecule has 3 atom stereocenters. The van der Waals surface area contributed by atoms with Gasteiger partial charge in [0.1, 0.15) is 6.10 Å². The number of carbonyl (C=O) groups excluding carboxylic acids is 1. The number of carbonyl (C=O) groups is 1. The Hall–Kier alpha value is -0.200. The molecule has 0 bridgehead atoms. The SMILES string of the molecule is O=C1O[C@H]([C@@H](O)CO)C(O)=C1O.O=S([O-])O.[Na+]. The van der Waals surface area contributed by atoms with Crippen LogP contribution in [0.4, 0.5) is 0 Å². The molecule has 5 N–H and O–H groups in total. The van der Waals surface area contributed by atoms with Crippen LogP contribution in [0.3, 0.4) is 0 Å². The van der Waals surface area contributed by atoms with Crippen LogP contribution >= 0.6 is 0 Å². The van der Waals surface area contributed by atoms with Gasteiger partial charge in [0.15, 0.2) is 11.9 Å². The molecule has 0 fully saturated rings. The van der Waals surface area contributed by atoms with Gasteiger partial charge in [-0.25, -0.2) is 9.00 Å². The van der Waals surface area contributed by atoms with Crippen LogP contribution in [0.15, 0.2) is 11.5 Å². The first kappa shape index (κ1) is 19.1. The van der Waals surface area contributed by atoms with Crippen LogP contribution < -0.4 is 29.6 Å². The molecule has 0 aromatic rings. The predicted octanol–water partition coefficient (Wildman–Crippen LogP) is -5.06.